The molecule has 1 aromatic carbocycles. The molecule has 0 fully saturated rings. The smallest absolute Gasteiger partial charge is 0.412 e. The minimum Gasteiger partial charge on any atom is -0.466 e. The number of nitrogens with one attached hydrogen (secondary N) is 1. The van der Waals surface area contributed by atoms with Gasteiger partial charge in [0.15, 0.2) is 6.61 Å². The Kier molecular flexibility index (Phi) is 3.99. The minimum absolute atomic E-state index is 0.00715. The van der Waals surface area contributed by atoms with Gasteiger partial charge in [-0.2, -0.15) is 0 Å². The number of nitrogens with zero attached hydrogens (tertiary/aromatic N) is 1. The van der Waals surface area contributed by atoms with E-state index in [0.717, 1.165) is 0 Å². The van der Waals surface area contributed by atoms with Crippen molar-refractivity contribution in [1.29, 1.82) is 0 Å². The fourth-order valence-corrected chi connectivity index (χ4v) is 1.57. The highest BCUT2D eigenvalue weighted by Gasteiger charge is 2.13. The van der Waals surface area contributed by atoms with Crippen LogP contribution in [-0.4, -0.2) is 11.0 Å². The van der Waals surface area contributed by atoms with E-state index in [1.165, 1.54) is 12.3 Å². The van der Waals surface area contributed by atoms with Crippen LogP contribution in [0.25, 0.3) is 0 Å². The number of nitro groups is 1. The van der Waals surface area contributed by atoms with Crippen LogP contribution in [0.1, 0.15) is 11.3 Å². The summed E-state index contributed by atoms with van der Waals surface area (Å²) >= 11 is 0. The summed E-state index contributed by atoms with van der Waals surface area (Å²) in [6, 6.07) is 7.75. The van der Waals surface area contributed by atoms with Crippen molar-refractivity contribution >= 4 is 17.5 Å². The number of hydrogen-bond acceptors (Lipinski definition) is 5. The second-order valence-corrected chi connectivity index (χ2v) is 4.04. The second-order valence-electron chi connectivity index (χ2n) is 4.04. The molecule has 7 heteroatoms. The van der Waals surface area contributed by atoms with Gasteiger partial charge < -0.3 is 9.15 Å². The summed E-state index contributed by atoms with van der Waals surface area (Å²) in [5.41, 5.74) is 0.755. The van der Waals surface area contributed by atoms with Gasteiger partial charge in [-0.05, 0) is 25.1 Å². The second kappa shape index (κ2) is 5.87. The quantitative estimate of drug-likeness (QED) is 0.683. The minimum atomic E-state index is -0.709. The van der Waals surface area contributed by atoms with Crippen LogP contribution < -0.4 is 5.32 Å². The predicted molar refractivity (Wildman–Crippen MR) is 70.3 cm³/mol. The lowest BCUT2D eigenvalue weighted by Crippen LogP contribution is -2.13. The summed E-state index contributed by atoms with van der Waals surface area (Å²) in [4.78, 5) is 21.8. The Labute approximate surface area is 114 Å². The molecule has 0 spiro atoms. The van der Waals surface area contributed by atoms with Crippen molar-refractivity contribution in [2.75, 3.05) is 5.32 Å². The molecule has 1 aromatic heterocycles. The number of benzene rings is 1. The SMILES string of the molecule is Cc1ccc(NC(=O)OCc2ccco2)cc1[N+](=O)[O-]. The van der Waals surface area contributed by atoms with Crippen molar-refractivity contribution in [3.63, 3.8) is 0 Å². The van der Waals surface area contributed by atoms with Crippen molar-refractivity contribution in [3.8, 4) is 0 Å². The summed E-state index contributed by atoms with van der Waals surface area (Å²) in [6.45, 7) is 1.62. The van der Waals surface area contributed by atoms with Crippen molar-refractivity contribution in [1.82, 2.24) is 0 Å². The zero-order valence-corrected chi connectivity index (χ0v) is 10.7. The zero-order chi connectivity index (χ0) is 14.5. The molecule has 0 radical (unpaired) electrons. The zero-order valence-electron chi connectivity index (χ0n) is 10.7. The first-order valence-electron chi connectivity index (χ1n) is 5.77. The fraction of sp³-hybridized carbons (Fsp3) is 0.154. The maximum absolute atomic E-state index is 11.5. The Bertz CT molecular complexity index is 622. The lowest BCUT2D eigenvalue weighted by Gasteiger charge is -2.06. The molecule has 1 heterocycles. The summed E-state index contributed by atoms with van der Waals surface area (Å²) in [7, 11) is 0. The Hall–Kier alpha value is -2.83. The highest BCUT2D eigenvalue weighted by atomic mass is 16.6. The number of nitro benzene ring substituents is 1. The molecule has 0 bridgehead atoms. The van der Waals surface area contributed by atoms with E-state index in [1.807, 2.05) is 0 Å². The van der Waals surface area contributed by atoms with E-state index in [0.29, 0.717) is 17.0 Å². The number of carbonyl (C=O) groups excluding carboxylic acids is 1. The number of aryl methyl sites for hydroxylation is 1. The van der Waals surface area contributed by atoms with E-state index in [-0.39, 0.29) is 12.3 Å². The van der Waals surface area contributed by atoms with E-state index in [2.05, 4.69) is 5.32 Å². The first-order chi connectivity index (χ1) is 9.56. The van der Waals surface area contributed by atoms with Gasteiger partial charge in [0.05, 0.1) is 16.9 Å². The Morgan fingerprint density at radius 3 is 2.90 bits per heavy atom. The van der Waals surface area contributed by atoms with Gasteiger partial charge in [-0.25, -0.2) is 4.79 Å². The molecule has 0 saturated carbocycles. The number of anilines is 1. The topological polar surface area (TPSA) is 94.6 Å². The fourth-order valence-electron chi connectivity index (χ4n) is 1.57. The molecule has 0 unspecified atom stereocenters. The lowest BCUT2D eigenvalue weighted by atomic mass is 10.2. The standard InChI is InChI=1S/C13H12N2O5/c1-9-4-5-10(7-12(9)15(17)18)14-13(16)20-8-11-3-2-6-19-11/h2-7H,8H2,1H3,(H,14,16). The largest absolute Gasteiger partial charge is 0.466 e. The van der Waals surface area contributed by atoms with E-state index >= 15 is 0 Å². The van der Waals surface area contributed by atoms with E-state index in [9.17, 15) is 14.9 Å². The predicted octanol–water partition coefficient (Wildman–Crippen LogP) is 3.24. The number of rotatable bonds is 4. The van der Waals surface area contributed by atoms with Gasteiger partial charge >= 0.3 is 6.09 Å². The molecule has 0 aliphatic heterocycles. The molecule has 2 rings (SSSR count). The third-order valence-electron chi connectivity index (χ3n) is 2.58. The van der Waals surface area contributed by atoms with Crippen LogP contribution in [0.4, 0.5) is 16.2 Å². The normalized spacial score (nSPS) is 10.1. The van der Waals surface area contributed by atoms with Crippen LogP contribution >= 0.6 is 0 Å². The van der Waals surface area contributed by atoms with Crippen LogP contribution in [0.15, 0.2) is 41.0 Å². The van der Waals surface area contributed by atoms with Crippen molar-refractivity contribution < 1.29 is 18.9 Å². The number of hydrogen-bond donors (Lipinski definition) is 1. The van der Waals surface area contributed by atoms with Gasteiger partial charge in [-0.15, -0.1) is 0 Å². The summed E-state index contributed by atoms with van der Waals surface area (Å²) in [6.07, 6.45) is 0.763. The molecular weight excluding hydrogens is 264 g/mol. The van der Waals surface area contributed by atoms with Gasteiger partial charge in [0.25, 0.3) is 5.69 Å². The molecule has 0 atom stereocenters. The van der Waals surface area contributed by atoms with Crippen LogP contribution in [-0.2, 0) is 11.3 Å². The number of amides is 1. The van der Waals surface area contributed by atoms with Gasteiger partial charge in [-0.3, -0.25) is 15.4 Å². The van der Waals surface area contributed by atoms with Gasteiger partial charge in [0, 0.05) is 11.6 Å². The number of carbonyl (C=O) groups is 1. The Morgan fingerprint density at radius 2 is 2.25 bits per heavy atom. The van der Waals surface area contributed by atoms with E-state index in [1.54, 1.807) is 31.2 Å². The van der Waals surface area contributed by atoms with Crippen LogP contribution in [0.5, 0.6) is 0 Å². The van der Waals surface area contributed by atoms with Gasteiger partial charge in [0.2, 0.25) is 0 Å². The number of ether oxygens (including phenoxy) is 1. The first kappa shape index (κ1) is 13.6. The Morgan fingerprint density at radius 1 is 1.45 bits per heavy atom. The van der Waals surface area contributed by atoms with Crippen LogP contribution in [0.3, 0.4) is 0 Å². The van der Waals surface area contributed by atoms with Crippen molar-refractivity contribution in [3.05, 3.63) is 58.0 Å². The molecule has 104 valence electrons. The molecule has 7 nitrogen and oxygen atoms in total. The maximum atomic E-state index is 11.5. The summed E-state index contributed by atoms with van der Waals surface area (Å²) in [5, 5.41) is 13.2. The Balaban J connectivity index is 1.97. The third kappa shape index (κ3) is 3.35. The highest BCUT2D eigenvalue weighted by Crippen LogP contribution is 2.22. The average Bonchev–Trinajstić information content (AvgIpc) is 2.91. The maximum Gasteiger partial charge on any atom is 0.412 e. The van der Waals surface area contributed by atoms with E-state index < -0.39 is 11.0 Å². The monoisotopic (exact) mass is 276 g/mol. The molecule has 1 N–H and O–H groups in total. The molecule has 0 saturated heterocycles. The molecular formula is C13H12N2O5. The molecule has 2 aromatic rings. The van der Waals surface area contributed by atoms with Gasteiger partial charge in [-0.1, -0.05) is 6.07 Å². The summed E-state index contributed by atoms with van der Waals surface area (Å²) < 4.78 is 9.91. The average molecular weight is 276 g/mol. The van der Waals surface area contributed by atoms with Crippen molar-refractivity contribution in [2.24, 2.45) is 0 Å². The van der Waals surface area contributed by atoms with Gasteiger partial charge in [0.1, 0.15) is 5.76 Å². The first-order valence-corrected chi connectivity index (χ1v) is 5.77. The van der Waals surface area contributed by atoms with Crippen molar-refractivity contribution in [2.45, 2.75) is 13.5 Å². The van der Waals surface area contributed by atoms with E-state index in [4.69, 9.17) is 9.15 Å². The molecule has 0 aliphatic rings. The highest BCUT2D eigenvalue weighted by molar-refractivity contribution is 5.85. The lowest BCUT2D eigenvalue weighted by molar-refractivity contribution is -0.385. The molecule has 0 aliphatic carbocycles. The summed E-state index contributed by atoms with van der Waals surface area (Å²) in [5.74, 6) is 0.509. The third-order valence-corrected chi connectivity index (χ3v) is 2.58. The van der Waals surface area contributed by atoms with Crippen LogP contribution in [0.2, 0.25) is 0 Å². The van der Waals surface area contributed by atoms with Crippen LogP contribution in [0, 0.1) is 17.0 Å². The molecule has 20 heavy (non-hydrogen) atoms. The molecule has 1 amide bonds. The number of furan rings is 1.